The van der Waals surface area contributed by atoms with Gasteiger partial charge in [-0.15, -0.1) is 0 Å². The van der Waals surface area contributed by atoms with Crippen molar-refractivity contribution in [2.45, 2.75) is 25.2 Å². The van der Waals surface area contributed by atoms with Crippen molar-refractivity contribution in [1.82, 2.24) is 4.72 Å². The number of sulfonamides is 1. The first-order valence-electron chi connectivity index (χ1n) is 6.12. The molecular weight excluding hydrogens is 282 g/mol. The van der Waals surface area contributed by atoms with E-state index in [2.05, 4.69) is 4.72 Å². The maximum absolute atomic E-state index is 12.2. The van der Waals surface area contributed by atoms with E-state index in [1.165, 1.54) is 13.2 Å². The molecule has 0 bridgehead atoms. The quantitative estimate of drug-likeness (QED) is 0.741. The average molecular weight is 301 g/mol. The summed E-state index contributed by atoms with van der Waals surface area (Å²) >= 11 is 0. The lowest BCUT2D eigenvalue weighted by Crippen LogP contribution is -2.26. The summed E-state index contributed by atoms with van der Waals surface area (Å²) in [4.78, 5) is 11.1. The Bertz CT molecular complexity index is 595. The Morgan fingerprint density at radius 1 is 1.30 bits per heavy atom. The summed E-state index contributed by atoms with van der Waals surface area (Å²) in [5, 5.41) is 9.06. The van der Waals surface area contributed by atoms with Crippen LogP contribution in [0.1, 0.15) is 27.9 Å². The molecule has 0 atom stereocenters. The number of aromatic carboxylic acids is 1. The minimum absolute atomic E-state index is 0.00193. The topological polar surface area (TPSA) is 92.7 Å². The summed E-state index contributed by atoms with van der Waals surface area (Å²) < 4.78 is 31.6. The Labute approximate surface area is 118 Å². The van der Waals surface area contributed by atoms with Crippen LogP contribution in [-0.4, -0.2) is 39.8 Å². The van der Waals surface area contributed by atoms with E-state index in [1.54, 1.807) is 19.9 Å². The molecule has 112 valence electrons. The third-order valence-corrected chi connectivity index (χ3v) is 4.46. The third kappa shape index (κ3) is 4.03. The number of rotatable bonds is 7. The van der Waals surface area contributed by atoms with Gasteiger partial charge in [0.15, 0.2) is 0 Å². The zero-order valence-corrected chi connectivity index (χ0v) is 12.6. The highest BCUT2D eigenvalue weighted by atomic mass is 32.2. The molecule has 0 heterocycles. The Morgan fingerprint density at radius 3 is 2.50 bits per heavy atom. The van der Waals surface area contributed by atoms with E-state index < -0.39 is 16.0 Å². The van der Waals surface area contributed by atoms with Gasteiger partial charge in [0, 0.05) is 20.3 Å². The number of carboxylic acids is 1. The van der Waals surface area contributed by atoms with Crippen molar-refractivity contribution in [2.24, 2.45) is 0 Å². The standard InChI is InChI=1S/C13H19NO5S/c1-9-7-10(2)12(8-11(9)13(15)16)20(17,18)14-5-4-6-19-3/h7-8,14H,4-6H2,1-3H3,(H,15,16). The number of aryl methyl sites for hydroxylation is 2. The molecule has 0 aliphatic carbocycles. The lowest BCUT2D eigenvalue weighted by Gasteiger charge is -2.11. The molecule has 0 saturated carbocycles. The van der Waals surface area contributed by atoms with Gasteiger partial charge in [0.1, 0.15) is 0 Å². The molecule has 0 unspecified atom stereocenters. The molecule has 0 radical (unpaired) electrons. The molecule has 0 aromatic heterocycles. The predicted octanol–water partition coefficient (Wildman–Crippen LogP) is 1.32. The molecule has 1 aromatic rings. The monoisotopic (exact) mass is 301 g/mol. The van der Waals surface area contributed by atoms with E-state index in [0.717, 1.165) is 0 Å². The fourth-order valence-electron chi connectivity index (χ4n) is 1.85. The van der Waals surface area contributed by atoms with Gasteiger partial charge in [0.2, 0.25) is 10.0 Å². The molecule has 0 aliphatic heterocycles. The van der Waals surface area contributed by atoms with Crippen LogP contribution in [0.25, 0.3) is 0 Å². The van der Waals surface area contributed by atoms with E-state index in [0.29, 0.717) is 24.2 Å². The number of carbonyl (C=O) groups is 1. The maximum atomic E-state index is 12.2. The minimum atomic E-state index is -3.71. The van der Waals surface area contributed by atoms with Gasteiger partial charge in [-0.2, -0.15) is 0 Å². The van der Waals surface area contributed by atoms with Gasteiger partial charge in [-0.25, -0.2) is 17.9 Å². The first-order chi connectivity index (χ1) is 9.29. The van der Waals surface area contributed by atoms with Crippen molar-refractivity contribution in [3.8, 4) is 0 Å². The number of hydrogen-bond donors (Lipinski definition) is 2. The Hall–Kier alpha value is -1.44. The zero-order chi connectivity index (χ0) is 15.3. The van der Waals surface area contributed by atoms with Gasteiger partial charge in [-0.1, -0.05) is 6.07 Å². The van der Waals surface area contributed by atoms with Crippen LogP contribution in [0.15, 0.2) is 17.0 Å². The van der Waals surface area contributed by atoms with Crippen molar-refractivity contribution in [3.05, 3.63) is 28.8 Å². The molecule has 2 N–H and O–H groups in total. The number of methoxy groups -OCH3 is 1. The van der Waals surface area contributed by atoms with Gasteiger partial charge in [-0.05, 0) is 37.5 Å². The van der Waals surface area contributed by atoms with E-state index in [4.69, 9.17) is 9.84 Å². The number of hydrogen-bond acceptors (Lipinski definition) is 4. The molecule has 0 aliphatic rings. The van der Waals surface area contributed by atoms with Gasteiger partial charge >= 0.3 is 5.97 Å². The highest BCUT2D eigenvalue weighted by Gasteiger charge is 2.20. The van der Waals surface area contributed by atoms with Crippen LogP contribution >= 0.6 is 0 Å². The van der Waals surface area contributed by atoms with Gasteiger partial charge in [0.05, 0.1) is 10.5 Å². The van der Waals surface area contributed by atoms with Gasteiger partial charge < -0.3 is 9.84 Å². The van der Waals surface area contributed by atoms with Crippen LogP contribution in [0, 0.1) is 13.8 Å². The Kier molecular flexibility index (Phi) is 5.67. The second kappa shape index (κ2) is 6.83. The summed E-state index contributed by atoms with van der Waals surface area (Å²) in [5.41, 5.74) is 1.05. The summed E-state index contributed by atoms with van der Waals surface area (Å²) in [6.45, 7) is 3.98. The molecular formula is C13H19NO5S. The minimum Gasteiger partial charge on any atom is -0.478 e. The van der Waals surface area contributed by atoms with E-state index in [-0.39, 0.29) is 17.0 Å². The molecule has 0 amide bonds. The number of ether oxygens (including phenoxy) is 1. The summed E-state index contributed by atoms with van der Waals surface area (Å²) in [6.07, 6.45) is 0.548. The normalized spacial score (nSPS) is 11.6. The SMILES string of the molecule is COCCCNS(=O)(=O)c1cc(C(=O)O)c(C)cc1C. The fourth-order valence-corrected chi connectivity index (χ4v) is 3.18. The van der Waals surface area contributed by atoms with E-state index in [1.807, 2.05) is 0 Å². The Balaban J connectivity index is 3.05. The third-order valence-electron chi connectivity index (χ3n) is 2.86. The molecule has 7 heteroatoms. The molecule has 6 nitrogen and oxygen atoms in total. The van der Waals surface area contributed by atoms with Crippen molar-refractivity contribution in [3.63, 3.8) is 0 Å². The predicted molar refractivity (Wildman–Crippen MR) is 74.6 cm³/mol. The summed E-state index contributed by atoms with van der Waals surface area (Å²) in [7, 11) is -2.17. The molecule has 0 fully saturated rings. The molecule has 1 aromatic carbocycles. The number of benzene rings is 1. The van der Waals surface area contributed by atoms with Gasteiger partial charge in [0.25, 0.3) is 0 Å². The lowest BCUT2D eigenvalue weighted by atomic mass is 10.1. The summed E-state index contributed by atoms with van der Waals surface area (Å²) in [5.74, 6) is -1.14. The highest BCUT2D eigenvalue weighted by molar-refractivity contribution is 7.89. The summed E-state index contributed by atoms with van der Waals surface area (Å²) in [6, 6.07) is 2.76. The van der Waals surface area contributed by atoms with Crippen molar-refractivity contribution >= 4 is 16.0 Å². The smallest absolute Gasteiger partial charge is 0.335 e. The van der Waals surface area contributed by atoms with Gasteiger partial charge in [-0.3, -0.25) is 0 Å². The maximum Gasteiger partial charge on any atom is 0.335 e. The molecule has 0 spiro atoms. The van der Waals surface area contributed by atoms with Crippen molar-refractivity contribution < 1.29 is 23.1 Å². The van der Waals surface area contributed by atoms with Crippen LogP contribution in [0.5, 0.6) is 0 Å². The first kappa shape index (κ1) is 16.6. The first-order valence-corrected chi connectivity index (χ1v) is 7.61. The largest absolute Gasteiger partial charge is 0.478 e. The number of carboxylic acid groups (broad SMARTS) is 1. The highest BCUT2D eigenvalue weighted by Crippen LogP contribution is 2.20. The van der Waals surface area contributed by atoms with Crippen LogP contribution < -0.4 is 4.72 Å². The Morgan fingerprint density at radius 2 is 1.95 bits per heavy atom. The van der Waals surface area contributed by atoms with E-state index in [9.17, 15) is 13.2 Å². The molecule has 0 saturated heterocycles. The average Bonchev–Trinajstić information content (AvgIpc) is 2.33. The number of nitrogens with one attached hydrogen (secondary N) is 1. The van der Waals surface area contributed by atoms with Crippen LogP contribution in [0.4, 0.5) is 0 Å². The lowest BCUT2D eigenvalue weighted by molar-refractivity contribution is 0.0696. The van der Waals surface area contributed by atoms with Crippen LogP contribution in [0.2, 0.25) is 0 Å². The van der Waals surface area contributed by atoms with Crippen LogP contribution in [-0.2, 0) is 14.8 Å². The molecule has 1 rings (SSSR count). The fraction of sp³-hybridized carbons (Fsp3) is 0.462. The van der Waals surface area contributed by atoms with Crippen molar-refractivity contribution in [1.29, 1.82) is 0 Å². The second-order valence-electron chi connectivity index (χ2n) is 4.48. The van der Waals surface area contributed by atoms with Crippen molar-refractivity contribution in [2.75, 3.05) is 20.3 Å². The second-order valence-corrected chi connectivity index (χ2v) is 6.22. The molecule has 20 heavy (non-hydrogen) atoms. The van der Waals surface area contributed by atoms with Crippen LogP contribution in [0.3, 0.4) is 0 Å². The zero-order valence-electron chi connectivity index (χ0n) is 11.8. The van der Waals surface area contributed by atoms with E-state index >= 15 is 0 Å².